The highest BCUT2D eigenvalue weighted by Crippen LogP contribution is 2.24. The molecule has 0 fully saturated rings. The van der Waals surface area contributed by atoms with Crippen molar-refractivity contribution in [1.29, 1.82) is 0 Å². The highest BCUT2D eigenvalue weighted by Gasteiger charge is 2.19. The lowest BCUT2D eigenvalue weighted by Crippen LogP contribution is -2.42. The summed E-state index contributed by atoms with van der Waals surface area (Å²) in [6, 6.07) is 3.83. The summed E-state index contributed by atoms with van der Waals surface area (Å²) in [4.78, 5) is 5.53. The van der Waals surface area contributed by atoms with Crippen LogP contribution in [0, 0.1) is 5.92 Å². The van der Waals surface area contributed by atoms with Crippen molar-refractivity contribution in [2.45, 2.75) is 63.8 Å². The van der Waals surface area contributed by atoms with Gasteiger partial charge in [0, 0.05) is 31.6 Å². The number of rotatable bonds is 10. The molecule has 0 saturated heterocycles. The topological polar surface area (TPSA) is 73.8 Å². The van der Waals surface area contributed by atoms with Crippen LogP contribution in [0.3, 0.4) is 0 Å². The van der Waals surface area contributed by atoms with Crippen LogP contribution in [0.25, 0.3) is 0 Å². The predicted octanol–water partition coefficient (Wildman–Crippen LogP) is 3.89. The number of halogens is 1. The molecule has 0 radical (unpaired) electrons. The fraction of sp³-hybridized carbons (Fsp3) is 0.722. The first kappa shape index (κ1) is 26.6. The van der Waals surface area contributed by atoms with E-state index < -0.39 is 10.0 Å². The minimum absolute atomic E-state index is 0. The van der Waals surface area contributed by atoms with Crippen LogP contribution in [0.2, 0.25) is 0 Å². The molecule has 6 nitrogen and oxygen atoms in total. The second kappa shape index (κ2) is 12.9. The highest BCUT2D eigenvalue weighted by atomic mass is 127. The van der Waals surface area contributed by atoms with Gasteiger partial charge in [0.05, 0.1) is 6.54 Å². The molecule has 1 heterocycles. The molecule has 0 amide bonds. The maximum Gasteiger partial charge on any atom is 0.252 e. The SMILES string of the molecule is CCNC(=NCc1ccc(S(=O)(=O)N(C)C)s1)NC(C)CCCC(C)C.I. The molecule has 0 aromatic carbocycles. The summed E-state index contributed by atoms with van der Waals surface area (Å²) in [7, 11) is -0.284. The van der Waals surface area contributed by atoms with Gasteiger partial charge in [0.25, 0.3) is 10.0 Å². The highest BCUT2D eigenvalue weighted by molar-refractivity contribution is 14.0. The molecule has 1 aromatic heterocycles. The van der Waals surface area contributed by atoms with Gasteiger partial charge in [-0.15, -0.1) is 35.3 Å². The van der Waals surface area contributed by atoms with Gasteiger partial charge in [0.1, 0.15) is 4.21 Å². The second-order valence-electron chi connectivity index (χ2n) is 7.07. The average molecular weight is 531 g/mol. The van der Waals surface area contributed by atoms with E-state index >= 15 is 0 Å². The summed E-state index contributed by atoms with van der Waals surface area (Å²) in [5.41, 5.74) is 0. The van der Waals surface area contributed by atoms with E-state index in [1.807, 2.05) is 13.0 Å². The molecule has 1 rings (SSSR count). The van der Waals surface area contributed by atoms with Gasteiger partial charge >= 0.3 is 0 Å². The molecule has 1 aromatic rings. The number of thiophene rings is 1. The van der Waals surface area contributed by atoms with Crippen LogP contribution in [0.4, 0.5) is 0 Å². The van der Waals surface area contributed by atoms with Crippen LogP contribution in [0.1, 0.15) is 51.8 Å². The first-order chi connectivity index (χ1) is 12.2. The fourth-order valence-corrected chi connectivity index (χ4v) is 4.83. The van der Waals surface area contributed by atoms with Gasteiger partial charge in [-0.2, -0.15) is 0 Å². The zero-order valence-corrected chi connectivity index (χ0v) is 21.2. The van der Waals surface area contributed by atoms with E-state index in [4.69, 9.17) is 0 Å². The lowest BCUT2D eigenvalue weighted by molar-refractivity contribution is 0.491. The molecule has 0 saturated carbocycles. The molecule has 0 aliphatic heterocycles. The lowest BCUT2D eigenvalue weighted by Gasteiger charge is -2.18. The second-order valence-corrected chi connectivity index (χ2v) is 10.6. The third-order valence-electron chi connectivity index (χ3n) is 3.91. The minimum Gasteiger partial charge on any atom is -0.357 e. The zero-order valence-electron chi connectivity index (χ0n) is 17.3. The van der Waals surface area contributed by atoms with Crippen molar-refractivity contribution in [2.24, 2.45) is 10.9 Å². The lowest BCUT2D eigenvalue weighted by atomic mass is 10.0. The molecule has 158 valence electrons. The standard InChI is InChI=1S/C18H34N4O2S2.HI/c1-7-19-18(21-15(4)10-8-9-14(2)3)20-13-16-11-12-17(25-16)26(23,24)22(5)6;/h11-12,14-15H,7-10,13H2,1-6H3,(H2,19,20,21);1H. The maximum atomic E-state index is 12.2. The number of hydrogen-bond acceptors (Lipinski definition) is 4. The molecule has 0 bridgehead atoms. The molecule has 0 aliphatic rings. The molecule has 9 heteroatoms. The molecule has 1 atom stereocenters. The van der Waals surface area contributed by atoms with E-state index in [0.717, 1.165) is 29.7 Å². The summed E-state index contributed by atoms with van der Waals surface area (Å²) in [5, 5.41) is 6.69. The largest absolute Gasteiger partial charge is 0.357 e. The Morgan fingerprint density at radius 1 is 1.22 bits per heavy atom. The summed E-state index contributed by atoms with van der Waals surface area (Å²) in [6.45, 7) is 9.94. The first-order valence-electron chi connectivity index (χ1n) is 9.22. The van der Waals surface area contributed by atoms with Crippen LogP contribution in [0.5, 0.6) is 0 Å². The Labute approximate surface area is 186 Å². The van der Waals surface area contributed by atoms with E-state index in [0.29, 0.717) is 16.8 Å². The Morgan fingerprint density at radius 2 is 1.89 bits per heavy atom. The zero-order chi connectivity index (χ0) is 19.7. The molecule has 2 N–H and O–H groups in total. The molecule has 0 spiro atoms. The monoisotopic (exact) mass is 530 g/mol. The summed E-state index contributed by atoms with van der Waals surface area (Å²) >= 11 is 1.27. The molecule has 27 heavy (non-hydrogen) atoms. The summed E-state index contributed by atoms with van der Waals surface area (Å²) in [6.07, 6.45) is 3.53. The third kappa shape index (κ3) is 9.58. The van der Waals surface area contributed by atoms with Gasteiger partial charge < -0.3 is 10.6 Å². The van der Waals surface area contributed by atoms with Gasteiger partial charge in [0.2, 0.25) is 0 Å². The van der Waals surface area contributed by atoms with Crippen LogP contribution in [0.15, 0.2) is 21.3 Å². The van der Waals surface area contributed by atoms with Crippen molar-refractivity contribution in [3.63, 3.8) is 0 Å². The number of sulfonamides is 1. The van der Waals surface area contributed by atoms with E-state index in [-0.39, 0.29) is 24.0 Å². The summed E-state index contributed by atoms with van der Waals surface area (Å²) < 4.78 is 25.9. The van der Waals surface area contributed by atoms with Crippen molar-refractivity contribution in [1.82, 2.24) is 14.9 Å². The number of nitrogens with zero attached hydrogens (tertiary/aromatic N) is 2. The van der Waals surface area contributed by atoms with E-state index in [1.54, 1.807) is 20.2 Å². The van der Waals surface area contributed by atoms with Crippen molar-refractivity contribution in [2.75, 3.05) is 20.6 Å². The predicted molar refractivity (Wildman–Crippen MR) is 127 cm³/mol. The van der Waals surface area contributed by atoms with E-state index in [9.17, 15) is 8.42 Å². The summed E-state index contributed by atoms with van der Waals surface area (Å²) in [5.74, 6) is 1.51. The number of hydrogen-bond donors (Lipinski definition) is 2. The van der Waals surface area contributed by atoms with Crippen LogP contribution >= 0.6 is 35.3 Å². The Morgan fingerprint density at radius 3 is 2.44 bits per heavy atom. The quantitative estimate of drug-likeness (QED) is 0.274. The Kier molecular flexibility index (Phi) is 12.8. The Bertz CT molecular complexity index is 673. The number of guanidine groups is 1. The minimum atomic E-state index is -3.37. The fourth-order valence-electron chi connectivity index (χ4n) is 2.38. The van der Waals surface area contributed by atoms with Crippen LogP contribution < -0.4 is 10.6 Å². The Hall–Kier alpha value is -0.390. The van der Waals surface area contributed by atoms with Crippen molar-refractivity contribution < 1.29 is 8.42 Å². The number of nitrogens with one attached hydrogen (secondary N) is 2. The first-order valence-corrected chi connectivity index (χ1v) is 11.5. The van der Waals surface area contributed by atoms with E-state index in [1.165, 1.54) is 28.5 Å². The van der Waals surface area contributed by atoms with Gasteiger partial charge in [0.15, 0.2) is 5.96 Å². The van der Waals surface area contributed by atoms with Gasteiger partial charge in [-0.3, -0.25) is 0 Å². The van der Waals surface area contributed by atoms with Crippen LogP contribution in [-0.2, 0) is 16.6 Å². The smallest absolute Gasteiger partial charge is 0.252 e. The van der Waals surface area contributed by atoms with Crippen molar-refractivity contribution >= 4 is 51.3 Å². The molecular weight excluding hydrogens is 495 g/mol. The molecule has 1 unspecified atom stereocenters. The molecular formula is C18H35IN4O2S2. The normalized spacial score (nSPS) is 13.6. The average Bonchev–Trinajstić information content (AvgIpc) is 3.02. The number of aliphatic imine (C=N–C) groups is 1. The van der Waals surface area contributed by atoms with Gasteiger partial charge in [-0.25, -0.2) is 17.7 Å². The third-order valence-corrected chi connectivity index (χ3v) is 7.26. The van der Waals surface area contributed by atoms with Gasteiger partial charge in [-0.05, 0) is 38.3 Å². The molecule has 0 aliphatic carbocycles. The Balaban J connectivity index is 0.00000676. The van der Waals surface area contributed by atoms with Crippen molar-refractivity contribution in [3.05, 3.63) is 17.0 Å². The van der Waals surface area contributed by atoms with E-state index in [2.05, 4.69) is 36.4 Å². The maximum absolute atomic E-state index is 12.2. The van der Waals surface area contributed by atoms with Crippen molar-refractivity contribution in [3.8, 4) is 0 Å². The van der Waals surface area contributed by atoms with Crippen LogP contribution in [-0.4, -0.2) is 45.4 Å². The van der Waals surface area contributed by atoms with Gasteiger partial charge in [-0.1, -0.05) is 26.7 Å².